The van der Waals surface area contributed by atoms with Gasteiger partial charge in [0, 0.05) is 19.6 Å². The van der Waals surface area contributed by atoms with E-state index in [1.54, 1.807) is 12.0 Å². The summed E-state index contributed by atoms with van der Waals surface area (Å²) in [6, 6.07) is 7.40. The molecule has 0 saturated heterocycles. The molecule has 5 heteroatoms. The highest BCUT2D eigenvalue weighted by atomic mass is 19.3. The molecule has 0 unspecified atom stereocenters. The molecule has 2 N–H and O–H groups in total. The molecule has 0 aliphatic heterocycles. The smallest absolute Gasteiger partial charge is 0.251 e. The Morgan fingerprint density at radius 1 is 1.41 bits per heavy atom. The fourth-order valence-electron chi connectivity index (χ4n) is 1.64. The van der Waals surface area contributed by atoms with Gasteiger partial charge < -0.3 is 10.5 Å². The van der Waals surface area contributed by atoms with Gasteiger partial charge >= 0.3 is 0 Å². The summed E-state index contributed by atoms with van der Waals surface area (Å²) < 4.78 is 29.8. The summed E-state index contributed by atoms with van der Waals surface area (Å²) in [7, 11) is 1.58. The van der Waals surface area contributed by atoms with Crippen molar-refractivity contribution in [3.63, 3.8) is 0 Å². The van der Waals surface area contributed by atoms with E-state index in [1.807, 2.05) is 24.3 Å². The normalized spacial score (nSPS) is 11.2. The van der Waals surface area contributed by atoms with Crippen LogP contribution in [-0.4, -0.2) is 38.1 Å². The van der Waals surface area contributed by atoms with Gasteiger partial charge in [-0.15, -0.1) is 0 Å². The van der Waals surface area contributed by atoms with Crippen LogP contribution in [0, 0.1) is 0 Å². The highest BCUT2D eigenvalue weighted by Gasteiger charge is 2.11. The Morgan fingerprint density at radius 2 is 2.18 bits per heavy atom. The number of hydrogen-bond acceptors (Lipinski definition) is 3. The molecule has 1 rings (SSSR count). The van der Waals surface area contributed by atoms with Crippen molar-refractivity contribution in [3.05, 3.63) is 29.8 Å². The molecule has 0 amide bonds. The lowest BCUT2D eigenvalue weighted by Crippen LogP contribution is -2.33. The average Bonchev–Trinajstić information content (AvgIpc) is 2.29. The number of nitrogens with zero attached hydrogens (tertiary/aromatic N) is 1. The van der Waals surface area contributed by atoms with Gasteiger partial charge in [0.2, 0.25) is 0 Å². The molecule has 0 saturated carbocycles. The van der Waals surface area contributed by atoms with Crippen LogP contribution in [0.25, 0.3) is 0 Å². The van der Waals surface area contributed by atoms with Gasteiger partial charge in [-0.2, -0.15) is 0 Å². The minimum atomic E-state index is -2.34. The topological polar surface area (TPSA) is 38.5 Å². The lowest BCUT2D eigenvalue weighted by Gasteiger charge is -2.21. The molecule has 1 aromatic carbocycles. The van der Waals surface area contributed by atoms with Crippen molar-refractivity contribution in [1.29, 1.82) is 0 Å². The van der Waals surface area contributed by atoms with Gasteiger partial charge in [-0.3, -0.25) is 4.90 Å². The second kappa shape index (κ2) is 7.19. The molecular formula is C12H18F2N2O. The Morgan fingerprint density at radius 3 is 2.76 bits per heavy atom. The van der Waals surface area contributed by atoms with E-state index in [9.17, 15) is 8.78 Å². The van der Waals surface area contributed by atoms with Crippen LogP contribution in [0.2, 0.25) is 0 Å². The fourth-order valence-corrected chi connectivity index (χ4v) is 1.64. The molecule has 17 heavy (non-hydrogen) atoms. The van der Waals surface area contributed by atoms with E-state index < -0.39 is 6.43 Å². The molecule has 0 aliphatic carbocycles. The van der Waals surface area contributed by atoms with E-state index in [0.29, 0.717) is 19.6 Å². The highest BCUT2D eigenvalue weighted by Crippen LogP contribution is 2.14. The van der Waals surface area contributed by atoms with Gasteiger partial charge in [-0.05, 0) is 17.7 Å². The SMILES string of the molecule is COc1cccc(CN(CCN)CC(F)F)c1. The molecule has 3 nitrogen and oxygen atoms in total. The molecule has 0 radical (unpaired) electrons. The number of benzene rings is 1. The Hall–Kier alpha value is -1.20. The number of halogens is 2. The largest absolute Gasteiger partial charge is 0.497 e. The summed E-state index contributed by atoms with van der Waals surface area (Å²) in [6.07, 6.45) is -2.34. The van der Waals surface area contributed by atoms with Crippen molar-refractivity contribution in [2.75, 3.05) is 26.7 Å². The van der Waals surface area contributed by atoms with E-state index >= 15 is 0 Å². The Labute approximate surface area is 100 Å². The molecular weight excluding hydrogens is 226 g/mol. The van der Waals surface area contributed by atoms with Crippen molar-refractivity contribution in [2.45, 2.75) is 13.0 Å². The van der Waals surface area contributed by atoms with E-state index in [-0.39, 0.29) is 6.54 Å². The first kappa shape index (κ1) is 13.9. The van der Waals surface area contributed by atoms with Crippen LogP contribution in [0.4, 0.5) is 8.78 Å². The van der Waals surface area contributed by atoms with Crippen molar-refractivity contribution in [3.8, 4) is 5.75 Å². The summed E-state index contributed by atoms with van der Waals surface area (Å²) in [4.78, 5) is 1.64. The quantitative estimate of drug-likeness (QED) is 0.793. The summed E-state index contributed by atoms with van der Waals surface area (Å²) in [5.74, 6) is 0.729. The molecule has 0 atom stereocenters. The summed E-state index contributed by atoms with van der Waals surface area (Å²) in [6.45, 7) is 1.03. The third kappa shape index (κ3) is 5.10. The van der Waals surface area contributed by atoms with Crippen molar-refractivity contribution in [1.82, 2.24) is 4.90 Å². The summed E-state index contributed by atoms with van der Waals surface area (Å²) >= 11 is 0. The monoisotopic (exact) mass is 244 g/mol. The first-order valence-corrected chi connectivity index (χ1v) is 5.49. The third-order valence-electron chi connectivity index (χ3n) is 2.38. The number of hydrogen-bond donors (Lipinski definition) is 1. The van der Waals surface area contributed by atoms with Gasteiger partial charge in [0.05, 0.1) is 13.7 Å². The molecule has 0 aliphatic rings. The lowest BCUT2D eigenvalue weighted by molar-refractivity contribution is 0.0862. The van der Waals surface area contributed by atoms with Gasteiger partial charge in [-0.1, -0.05) is 12.1 Å². The van der Waals surface area contributed by atoms with Gasteiger partial charge in [0.25, 0.3) is 6.43 Å². The number of rotatable bonds is 7. The van der Waals surface area contributed by atoms with Crippen LogP contribution in [0.5, 0.6) is 5.75 Å². The first-order valence-electron chi connectivity index (χ1n) is 5.49. The van der Waals surface area contributed by atoms with Crippen molar-refractivity contribution in [2.24, 2.45) is 5.73 Å². The van der Waals surface area contributed by atoms with E-state index in [2.05, 4.69) is 0 Å². The predicted molar refractivity (Wildman–Crippen MR) is 63.3 cm³/mol. The Kier molecular flexibility index (Phi) is 5.86. The average molecular weight is 244 g/mol. The minimum absolute atomic E-state index is 0.256. The predicted octanol–water partition coefficient (Wildman–Crippen LogP) is 1.72. The second-order valence-corrected chi connectivity index (χ2v) is 3.77. The minimum Gasteiger partial charge on any atom is -0.497 e. The van der Waals surface area contributed by atoms with Gasteiger partial charge in [0.1, 0.15) is 5.75 Å². The van der Waals surface area contributed by atoms with Crippen LogP contribution in [0.15, 0.2) is 24.3 Å². The molecule has 0 spiro atoms. The summed E-state index contributed by atoms with van der Waals surface area (Å²) in [5, 5.41) is 0. The zero-order chi connectivity index (χ0) is 12.7. The second-order valence-electron chi connectivity index (χ2n) is 3.77. The number of alkyl halides is 2. The maximum absolute atomic E-state index is 12.3. The zero-order valence-electron chi connectivity index (χ0n) is 9.90. The van der Waals surface area contributed by atoms with Crippen molar-refractivity contribution >= 4 is 0 Å². The number of ether oxygens (including phenoxy) is 1. The maximum atomic E-state index is 12.3. The molecule has 0 fully saturated rings. The Balaban J connectivity index is 2.64. The van der Waals surface area contributed by atoms with Crippen LogP contribution >= 0.6 is 0 Å². The first-order chi connectivity index (χ1) is 8.15. The number of methoxy groups -OCH3 is 1. The number of nitrogens with two attached hydrogens (primary N) is 1. The van der Waals surface area contributed by atoms with Gasteiger partial charge in [0.15, 0.2) is 0 Å². The van der Waals surface area contributed by atoms with Crippen LogP contribution in [0.1, 0.15) is 5.56 Å². The maximum Gasteiger partial charge on any atom is 0.251 e. The third-order valence-corrected chi connectivity index (χ3v) is 2.38. The standard InChI is InChI=1S/C12H18F2N2O/c1-17-11-4-2-3-10(7-11)8-16(6-5-15)9-12(13)14/h2-4,7,12H,5-6,8-9,15H2,1H3. The zero-order valence-corrected chi connectivity index (χ0v) is 9.90. The molecule has 1 aromatic rings. The summed E-state index contributed by atoms with van der Waals surface area (Å²) in [5.41, 5.74) is 6.35. The molecule has 0 bridgehead atoms. The van der Waals surface area contributed by atoms with E-state index in [0.717, 1.165) is 11.3 Å². The molecule has 0 heterocycles. The van der Waals surface area contributed by atoms with E-state index in [4.69, 9.17) is 10.5 Å². The van der Waals surface area contributed by atoms with Crippen LogP contribution in [0.3, 0.4) is 0 Å². The van der Waals surface area contributed by atoms with Crippen LogP contribution < -0.4 is 10.5 Å². The fraction of sp³-hybridized carbons (Fsp3) is 0.500. The highest BCUT2D eigenvalue weighted by molar-refractivity contribution is 5.28. The lowest BCUT2D eigenvalue weighted by atomic mass is 10.2. The Bertz CT molecular complexity index is 334. The molecule has 0 aromatic heterocycles. The van der Waals surface area contributed by atoms with E-state index in [1.165, 1.54) is 0 Å². The molecule has 96 valence electrons. The van der Waals surface area contributed by atoms with Crippen LogP contribution in [-0.2, 0) is 6.54 Å². The van der Waals surface area contributed by atoms with Crippen molar-refractivity contribution < 1.29 is 13.5 Å². The van der Waals surface area contributed by atoms with Gasteiger partial charge in [-0.25, -0.2) is 8.78 Å².